The van der Waals surface area contributed by atoms with Crippen molar-refractivity contribution in [1.82, 2.24) is 10.6 Å². The van der Waals surface area contributed by atoms with E-state index in [4.69, 9.17) is 17.0 Å². The van der Waals surface area contributed by atoms with Gasteiger partial charge in [-0.2, -0.15) is 0 Å². The summed E-state index contributed by atoms with van der Waals surface area (Å²) in [6.07, 6.45) is 2.37. The zero-order valence-electron chi connectivity index (χ0n) is 11.2. The predicted octanol–water partition coefficient (Wildman–Crippen LogP) is 1.98. The van der Waals surface area contributed by atoms with E-state index in [0.29, 0.717) is 11.0 Å². The standard InChI is InChI=1S/C14H21N3OS/c1-15-14(19)17-12-4-2-3-5-13(12)18-10-11-6-8-16-9-7-11/h2-5,11,16H,6-10H2,1H3,(H2,15,17,19). The van der Waals surface area contributed by atoms with Crippen LogP contribution in [0.2, 0.25) is 0 Å². The number of piperidine rings is 1. The van der Waals surface area contributed by atoms with E-state index in [1.165, 1.54) is 12.8 Å². The molecule has 0 atom stereocenters. The summed E-state index contributed by atoms with van der Waals surface area (Å²) in [4.78, 5) is 0. The fraction of sp³-hybridized carbons (Fsp3) is 0.500. The highest BCUT2D eigenvalue weighted by molar-refractivity contribution is 7.80. The van der Waals surface area contributed by atoms with Crippen LogP contribution >= 0.6 is 12.2 Å². The normalized spacial score (nSPS) is 15.8. The molecule has 1 aliphatic rings. The molecule has 0 unspecified atom stereocenters. The molecule has 1 aliphatic heterocycles. The van der Waals surface area contributed by atoms with Crippen molar-refractivity contribution in [3.63, 3.8) is 0 Å². The Kier molecular flexibility index (Phi) is 5.42. The summed E-state index contributed by atoms with van der Waals surface area (Å²) >= 11 is 5.12. The number of hydrogen-bond donors (Lipinski definition) is 3. The van der Waals surface area contributed by atoms with E-state index in [-0.39, 0.29) is 0 Å². The third-order valence-electron chi connectivity index (χ3n) is 3.30. The SMILES string of the molecule is CNC(=S)Nc1ccccc1OCC1CCNCC1. The Morgan fingerprint density at radius 3 is 2.84 bits per heavy atom. The van der Waals surface area contributed by atoms with Gasteiger partial charge in [-0.15, -0.1) is 0 Å². The topological polar surface area (TPSA) is 45.3 Å². The molecule has 1 saturated heterocycles. The minimum atomic E-state index is 0.595. The van der Waals surface area contributed by atoms with Crippen molar-refractivity contribution in [2.45, 2.75) is 12.8 Å². The monoisotopic (exact) mass is 279 g/mol. The molecule has 104 valence electrons. The Hall–Kier alpha value is -1.33. The van der Waals surface area contributed by atoms with Gasteiger partial charge in [0.25, 0.3) is 0 Å². The maximum absolute atomic E-state index is 5.94. The summed E-state index contributed by atoms with van der Waals surface area (Å²) in [5.41, 5.74) is 0.913. The number of thiocarbonyl (C=S) groups is 1. The van der Waals surface area contributed by atoms with E-state index in [1.54, 1.807) is 7.05 Å². The van der Waals surface area contributed by atoms with Gasteiger partial charge >= 0.3 is 0 Å². The van der Waals surface area contributed by atoms with Crippen LogP contribution < -0.4 is 20.7 Å². The number of rotatable bonds is 4. The van der Waals surface area contributed by atoms with Crippen molar-refractivity contribution in [3.05, 3.63) is 24.3 Å². The van der Waals surface area contributed by atoms with E-state index >= 15 is 0 Å². The van der Waals surface area contributed by atoms with Crippen LogP contribution in [0, 0.1) is 5.92 Å². The maximum atomic E-state index is 5.94. The Balaban J connectivity index is 1.93. The molecule has 0 radical (unpaired) electrons. The summed E-state index contributed by atoms with van der Waals surface area (Å²) in [6, 6.07) is 7.90. The minimum Gasteiger partial charge on any atom is -0.491 e. The quantitative estimate of drug-likeness (QED) is 0.736. The van der Waals surface area contributed by atoms with Gasteiger partial charge in [-0.1, -0.05) is 12.1 Å². The summed E-state index contributed by atoms with van der Waals surface area (Å²) in [5, 5.41) is 9.99. The Bertz CT molecular complexity index is 419. The minimum absolute atomic E-state index is 0.595. The van der Waals surface area contributed by atoms with Crippen molar-refractivity contribution in [3.8, 4) is 5.75 Å². The van der Waals surface area contributed by atoms with Crippen molar-refractivity contribution >= 4 is 23.0 Å². The summed E-state index contributed by atoms with van der Waals surface area (Å²) < 4.78 is 5.94. The number of anilines is 1. The Morgan fingerprint density at radius 2 is 2.11 bits per heavy atom. The zero-order valence-corrected chi connectivity index (χ0v) is 12.1. The van der Waals surface area contributed by atoms with E-state index in [1.807, 2.05) is 24.3 Å². The molecule has 1 aromatic carbocycles. The lowest BCUT2D eigenvalue weighted by Crippen LogP contribution is -2.30. The molecule has 19 heavy (non-hydrogen) atoms. The molecule has 0 spiro atoms. The first-order chi connectivity index (χ1) is 9.29. The summed E-state index contributed by atoms with van der Waals surface area (Å²) in [7, 11) is 1.80. The molecule has 0 aliphatic carbocycles. The van der Waals surface area contributed by atoms with E-state index in [0.717, 1.165) is 31.1 Å². The van der Waals surface area contributed by atoms with E-state index < -0.39 is 0 Å². The number of benzene rings is 1. The summed E-state index contributed by atoms with van der Waals surface area (Å²) in [6.45, 7) is 2.96. The molecule has 2 rings (SSSR count). The van der Waals surface area contributed by atoms with Crippen LogP contribution in [-0.4, -0.2) is 31.9 Å². The molecule has 5 heteroatoms. The molecule has 1 aromatic rings. The molecular weight excluding hydrogens is 258 g/mol. The predicted molar refractivity (Wildman–Crippen MR) is 82.8 cm³/mol. The fourth-order valence-electron chi connectivity index (χ4n) is 2.14. The van der Waals surface area contributed by atoms with Gasteiger partial charge in [0, 0.05) is 7.05 Å². The highest BCUT2D eigenvalue weighted by atomic mass is 32.1. The fourth-order valence-corrected chi connectivity index (χ4v) is 2.25. The van der Waals surface area contributed by atoms with Crippen molar-refractivity contribution < 1.29 is 4.74 Å². The molecule has 4 nitrogen and oxygen atoms in total. The van der Waals surface area contributed by atoms with Gasteiger partial charge in [0.1, 0.15) is 5.75 Å². The van der Waals surface area contributed by atoms with Crippen LogP contribution in [0.3, 0.4) is 0 Å². The van der Waals surface area contributed by atoms with Gasteiger partial charge in [0.05, 0.1) is 12.3 Å². The van der Waals surface area contributed by atoms with Gasteiger partial charge in [0.2, 0.25) is 0 Å². The number of ether oxygens (including phenoxy) is 1. The third-order valence-corrected chi connectivity index (χ3v) is 3.60. The second-order valence-corrected chi connectivity index (χ2v) is 5.11. The lowest BCUT2D eigenvalue weighted by Gasteiger charge is -2.23. The lowest BCUT2D eigenvalue weighted by atomic mass is 9.99. The third kappa shape index (κ3) is 4.36. The maximum Gasteiger partial charge on any atom is 0.170 e. The van der Waals surface area contributed by atoms with E-state index in [2.05, 4.69) is 16.0 Å². The molecule has 1 heterocycles. The molecule has 0 aromatic heterocycles. The van der Waals surface area contributed by atoms with Crippen LogP contribution in [-0.2, 0) is 0 Å². The number of hydrogen-bond acceptors (Lipinski definition) is 3. The Labute approximate surface area is 119 Å². The number of nitrogens with one attached hydrogen (secondary N) is 3. The van der Waals surface area contributed by atoms with Gasteiger partial charge < -0.3 is 20.7 Å². The molecule has 3 N–H and O–H groups in total. The highest BCUT2D eigenvalue weighted by Gasteiger charge is 2.14. The van der Waals surface area contributed by atoms with Crippen LogP contribution in [0.5, 0.6) is 5.75 Å². The average Bonchev–Trinajstić information content (AvgIpc) is 2.47. The highest BCUT2D eigenvalue weighted by Crippen LogP contribution is 2.25. The Morgan fingerprint density at radius 1 is 1.37 bits per heavy atom. The molecule has 0 amide bonds. The van der Waals surface area contributed by atoms with Crippen molar-refractivity contribution in [1.29, 1.82) is 0 Å². The zero-order chi connectivity index (χ0) is 13.5. The molecule has 1 fully saturated rings. The van der Waals surface area contributed by atoms with Gasteiger partial charge in [-0.25, -0.2) is 0 Å². The van der Waals surface area contributed by atoms with Crippen molar-refractivity contribution in [2.75, 3.05) is 32.1 Å². The van der Waals surface area contributed by atoms with Crippen LogP contribution in [0.15, 0.2) is 24.3 Å². The molecular formula is C14H21N3OS. The first-order valence-corrected chi connectivity index (χ1v) is 7.11. The first kappa shape index (κ1) is 14.1. The first-order valence-electron chi connectivity index (χ1n) is 6.71. The second kappa shape index (κ2) is 7.31. The van der Waals surface area contributed by atoms with Gasteiger partial charge in [-0.05, 0) is 56.2 Å². The average molecular weight is 279 g/mol. The largest absolute Gasteiger partial charge is 0.491 e. The van der Waals surface area contributed by atoms with Gasteiger partial charge in [0.15, 0.2) is 5.11 Å². The molecule has 0 saturated carbocycles. The van der Waals surface area contributed by atoms with Crippen LogP contribution in [0.4, 0.5) is 5.69 Å². The lowest BCUT2D eigenvalue weighted by molar-refractivity contribution is 0.216. The smallest absolute Gasteiger partial charge is 0.170 e. The second-order valence-electron chi connectivity index (χ2n) is 4.70. The summed E-state index contributed by atoms with van der Waals surface area (Å²) in [5.74, 6) is 1.50. The van der Waals surface area contributed by atoms with E-state index in [9.17, 15) is 0 Å². The van der Waals surface area contributed by atoms with Crippen LogP contribution in [0.1, 0.15) is 12.8 Å². The van der Waals surface area contributed by atoms with Crippen molar-refractivity contribution in [2.24, 2.45) is 5.92 Å². The van der Waals surface area contributed by atoms with Crippen LogP contribution in [0.25, 0.3) is 0 Å². The molecule has 0 bridgehead atoms. The number of para-hydroxylation sites is 2. The van der Waals surface area contributed by atoms with Gasteiger partial charge in [-0.3, -0.25) is 0 Å².